The summed E-state index contributed by atoms with van der Waals surface area (Å²) in [6.07, 6.45) is 1.25. The third kappa shape index (κ3) is 2.99. The molecule has 0 aliphatic carbocycles. The van der Waals surface area contributed by atoms with Crippen molar-refractivity contribution in [1.82, 2.24) is 4.31 Å². The second-order valence-electron chi connectivity index (χ2n) is 5.78. The Morgan fingerprint density at radius 3 is 2.41 bits per heavy atom. The van der Waals surface area contributed by atoms with Gasteiger partial charge in [-0.05, 0) is 24.2 Å². The maximum Gasteiger partial charge on any atom is 0.230 e. The molecule has 1 rings (SSSR count). The number of nitrogens with zero attached hydrogens (tertiary/aromatic N) is 2. The first-order valence-corrected chi connectivity index (χ1v) is 7.62. The van der Waals surface area contributed by atoms with Gasteiger partial charge < -0.3 is 0 Å². The van der Waals surface area contributed by atoms with Gasteiger partial charge in [-0.15, -0.1) is 0 Å². The lowest BCUT2D eigenvalue weighted by Gasteiger charge is -2.27. The summed E-state index contributed by atoms with van der Waals surface area (Å²) in [6, 6.07) is 1.89. The van der Waals surface area contributed by atoms with E-state index in [1.54, 1.807) is 6.92 Å². The first kappa shape index (κ1) is 14.5. The Labute approximate surface area is 105 Å². The Morgan fingerprint density at radius 1 is 1.47 bits per heavy atom. The van der Waals surface area contributed by atoms with Crippen LogP contribution in [0, 0.1) is 22.7 Å². The topological polar surface area (TPSA) is 61.2 Å². The predicted molar refractivity (Wildman–Crippen MR) is 67.7 cm³/mol. The van der Waals surface area contributed by atoms with Crippen molar-refractivity contribution in [3.63, 3.8) is 0 Å². The van der Waals surface area contributed by atoms with E-state index >= 15 is 0 Å². The molecule has 0 amide bonds. The first-order valence-electron chi connectivity index (χ1n) is 6.12. The molecule has 0 radical (unpaired) electrons. The fraction of sp³-hybridized carbons (Fsp3) is 0.917. The van der Waals surface area contributed by atoms with Crippen LogP contribution in [0.25, 0.3) is 0 Å². The fourth-order valence-corrected chi connectivity index (χ4v) is 3.88. The molecule has 0 aromatic heterocycles. The van der Waals surface area contributed by atoms with Crippen LogP contribution in [-0.4, -0.2) is 31.1 Å². The van der Waals surface area contributed by atoms with E-state index in [9.17, 15) is 8.42 Å². The molecule has 0 bridgehead atoms. The summed E-state index contributed by atoms with van der Waals surface area (Å²) in [5, 5.41) is 8.00. The van der Waals surface area contributed by atoms with E-state index in [0.29, 0.717) is 25.4 Å². The highest BCUT2D eigenvalue weighted by atomic mass is 32.2. The van der Waals surface area contributed by atoms with E-state index < -0.39 is 15.3 Å². The lowest BCUT2D eigenvalue weighted by molar-refractivity contribution is 0.251. The van der Waals surface area contributed by atoms with Gasteiger partial charge in [0.1, 0.15) is 0 Å². The van der Waals surface area contributed by atoms with Gasteiger partial charge in [0.2, 0.25) is 10.0 Å². The van der Waals surface area contributed by atoms with Crippen molar-refractivity contribution in [1.29, 1.82) is 5.26 Å². The minimum atomic E-state index is -3.42. The Kier molecular flexibility index (Phi) is 4.21. The van der Waals surface area contributed by atoms with Gasteiger partial charge in [-0.2, -0.15) is 5.26 Å². The normalized spacial score (nSPS) is 24.5. The minimum absolute atomic E-state index is 0.124. The molecule has 0 aromatic rings. The van der Waals surface area contributed by atoms with Crippen LogP contribution in [0.2, 0.25) is 0 Å². The van der Waals surface area contributed by atoms with Crippen molar-refractivity contribution in [2.24, 2.45) is 11.3 Å². The first-order chi connectivity index (χ1) is 7.73. The largest absolute Gasteiger partial charge is 0.230 e. The molecule has 1 saturated heterocycles. The van der Waals surface area contributed by atoms with Crippen LogP contribution >= 0.6 is 0 Å². The molecule has 98 valence electrons. The lowest BCUT2D eigenvalue weighted by atomic mass is 9.80. The minimum Gasteiger partial charge on any atom is -0.211 e. The zero-order valence-corrected chi connectivity index (χ0v) is 11.9. The van der Waals surface area contributed by atoms with Gasteiger partial charge in [-0.25, -0.2) is 12.7 Å². The molecule has 1 aliphatic rings. The Hall–Kier alpha value is -0.600. The van der Waals surface area contributed by atoms with Gasteiger partial charge >= 0.3 is 0 Å². The molecule has 1 fully saturated rings. The standard InChI is InChI=1S/C12H22N2O2S/c1-5-11(8-13)17(15,16)14-7-6-10(9-14)12(2,3)4/h10-11H,5-7,9H2,1-4H3. The molecule has 0 N–H and O–H groups in total. The van der Waals surface area contributed by atoms with Gasteiger partial charge in [-0.3, -0.25) is 0 Å². The molecule has 1 heterocycles. The SMILES string of the molecule is CCC(C#N)S(=O)(=O)N1CCC(C(C)(C)C)C1. The number of hydrogen-bond acceptors (Lipinski definition) is 3. The summed E-state index contributed by atoms with van der Waals surface area (Å²) in [5.41, 5.74) is 0.124. The monoisotopic (exact) mass is 258 g/mol. The zero-order chi connectivity index (χ0) is 13.3. The molecule has 0 saturated carbocycles. The van der Waals surface area contributed by atoms with Crippen molar-refractivity contribution in [2.45, 2.75) is 45.8 Å². The lowest BCUT2D eigenvalue weighted by Crippen LogP contribution is -2.37. The quantitative estimate of drug-likeness (QED) is 0.777. The molecule has 4 nitrogen and oxygen atoms in total. The van der Waals surface area contributed by atoms with Crippen LogP contribution in [-0.2, 0) is 10.0 Å². The van der Waals surface area contributed by atoms with Crippen molar-refractivity contribution < 1.29 is 8.42 Å². The van der Waals surface area contributed by atoms with Crippen molar-refractivity contribution in [3.05, 3.63) is 0 Å². The average molecular weight is 258 g/mol. The summed E-state index contributed by atoms with van der Waals surface area (Å²) >= 11 is 0. The number of hydrogen-bond donors (Lipinski definition) is 0. The highest BCUT2D eigenvalue weighted by molar-refractivity contribution is 7.90. The van der Waals surface area contributed by atoms with E-state index in [-0.39, 0.29) is 5.41 Å². The Bertz CT molecular complexity index is 403. The van der Waals surface area contributed by atoms with Crippen LogP contribution in [0.3, 0.4) is 0 Å². The predicted octanol–water partition coefficient (Wildman–Crippen LogP) is 1.99. The molecule has 17 heavy (non-hydrogen) atoms. The van der Waals surface area contributed by atoms with Gasteiger partial charge in [0.25, 0.3) is 0 Å². The van der Waals surface area contributed by atoms with E-state index in [1.165, 1.54) is 4.31 Å². The van der Waals surface area contributed by atoms with Crippen LogP contribution in [0.1, 0.15) is 40.5 Å². The highest BCUT2D eigenvalue weighted by Gasteiger charge is 2.39. The molecule has 2 unspecified atom stereocenters. The van der Waals surface area contributed by atoms with Gasteiger partial charge in [0.05, 0.1) is 6.07 Å². The van der Waals surface area contributed by atoms with E-state index in [4.69, 9.17) is 5.26 Å². The molecule has 0 spiro atoms. The van der Waals surface area contributed by atoms with E-state index in [0.717, 1.165) is 6.42 Å². The van der Waals surface area contributed by atoms with Gasteiger partial charge in [0.15, 0.2) is 5.25 Å². The fourth-order valence-electron chi connectivity index (χ4n) is 2.21. The summed E-state index contributed by atoms with van der Waals surface area (Å²) in [5.74, 6) is 0.383. The van der Waals surface area contributed by atoms with Gasteiger partial charge in [0, 0.05) is 13.1 Å². The second kappa shape index (κ2) is 4.95. The maximum absolute atomic E-state index is 12.2. The third-order valence-electron chi connectivity index (χ3n) is 3.61. The van der Waals surface area contributed by atoms with E-state index in [1.807, 2.05) is 6.07 Å². The molecular formula is C12H22N2O2S. The van der Waals surface area contributed by atoms with Crippen molar-refractivity contribution >= 4 is 10.0 Å². The van der Waals surface area contributed by atoms with E-state index in [2.05, 4.69) is 20.8 Å². The second-order valence-corrected chi connectivity index (χ2v) is 7.90. The number of rotatable bonds is 3. The van der Waals surface area contributed by atoms with Crippen molar-refractivity contribution in [2.75, 3.05) is 13.1 Å². The molecule has 1 aliphatic heterocycles. The van der Waals surface area contributed by atoms with Crippen LogP contribution in [0.5, 0.6) is 0 Å². The molecular weight excluding hydrogens is 236 g/mol. The maximum atomic E-state index is 12.2. The van der Waals surface area contributed by atoms with Crippen molar-refractivity contribution in [3.8, 4) is 6.07 Å². The average Bonchev–Trinajstić information content (AvgIpc) is 2.67. The molecule has 0 aromatic carbocycles. The van der Waals surface area contributed by atoms with Crippen LogP contribution < -0.4 is 0 Å². The highest BCUT2D eigenvalue weighted by Crippen LogP contribution is 2.35. The summed E-state index contributed by atoms with van der Waals surface area (Å²) in [4.78, 5) is 0. The van der Waals surface area contributed by atoms with Crippen LogP contribution in [0.4, 0.5) is 0 Å². The Balaban J connectivity index is 2.82. The smallest absolute Gasteiger partial charge is 0.211 e. The summed E-state index contributed by atoms with van der Waals surface area (Å²) < 4.78 is 25.8. The Morgan fingerprint density at radius 2 is 2.06 bits per heavy atom. The zero-order valence-electron chi connectivity index (χ0n) is 11.1. The molecule has 5 heteroatoms. The van der Waals surface area contributed by atoms with Crippen LogP contribution in [0.15, 0.2) is 0 Å². The molecule has 2 atom stereocenters. The van der Waals surface area contributed by atoms with Gasteiger partial charge in [-0.1, -0.05) is 27.7 Å². The number of sulfonamides is 1. The summed E-state index contributed by atoms with van der Waals surface area (Å²) in [6.45, 7) is 9.26. The third-order valence-corrected chi connectivity index (χ3v) is 5.82. The summed E-state index contributed by atoms with van der Waals surface area (Å²) in [7, 11) is -3.42. The number of nitriles is 1.